The maximum Gasteiger partial charge on any atom is 0.247 e. The number of carbonyl (C=O) groups excluding carboxylic acids is 1. The number of carbonyl (C=O) groups is 1. The SMILES string of the molecule is CC1SC(=S)N(CCCCCc2nnc(-c3ccccc3)o2)C1=O. The van der Waals surface area contributed by atoms with E-state index in [0.29, 0.717) is 22.6 Å². The molecule has 1 fully saturated rings. The number of hydrogen-bond acceptors (Lipinski definition) is 6. The van der Waals surface area contributed by atoms with Gasteiger partial charge in [-0.15, -0.1) is 10.2 Å². The van der Waals surface area contributed by atoms with Crippen molar-refractivity contribution in [3.8, 4) is 11.5 Å². The van der Waals surface area contributed by atoms with Gasteiger partial charge in [-0.1, -0.05) is 48.6 Å². The lowest BCUT2D eigenvalue weighted by molar-refractivity contribution is -0.125. The molecule has 0 saturated carbocycles. The molecule has 0 aliphatic carbocycles. The van der Waals surface area contributed by atoms with Gasteiger partial charge >= 0.3 is 0 Å². The second-order valence-corrected chi connectivity index (χ2v) is 7.67. The van der Waals surface area contributed by atoms with Gasteiger partial charge in [0, 0.05) is 18.5 Å². The molecule has 1 aliphatic rings. The predicted octanol–water partition coefficient (Wildman–Crippen LogP) is 3.70. The van der Waals surface area contributed by atoms with Crippen molar-refractivity contribution in [3.05, 3.63) is 36.2 Å². The average molecular weight is 361 g/mol. The van der Waals surface area contributed by atoms with Crippen molar-refractivity contribution in [1.29, 1.82) is 0 Å². The predicted molar refractivity (Wildman–Crippen MR) is 98.7 cm³/mol. The van der Waals surface area contributed by atoms with Crippen LogP contribution in [0.3, 0.4) is 0 Å². The molecule has 2 heterocycles. The molecule has 0 radical (unpaired) electrons. The molecular weight excluding hydrogens is 342 g/mol. The number of aryl methyl sites for hydroxylation is 1. The number of thioether (sulfide) groups is 1. The van der Waals surface area contributed by atoms with Gasteiger partial charge in [0.25, 0.3) is 0 Å². The van der Waals surface area contributed by atoms with E-state index in [4.69, 9.17) is 16.6 Å². The van der Waals surface area contributed by atoms with Gasteiger partial charge in [0.1, 0.15) is 4.32 Å². The van der Waals surface area contributed by atoms with E-state index in [1.54, 1.807) is 4.90 Å². The van der Waals surface area contributed by atoms with Crippen molar-refractivity contribution >= 4 is 34.2 Å². The number of thiocarbonyl (C=S) groups is 1. The Bertz CT molecular complexity index is 718. The lowest BCUT2D eigenvalue weighted by Gasteiger charge is -2.14. The standard InChI is InChI=1S/C17H19N3O2S2/c1-12-16(21)20(17(23)24-12)11-7-3-6-10-14-18-19-15(22-14)13-8-4-2-5-9-13/h2,4-5,8-9,12H,3,6-7,10-11H2,1H3. The van der Waals surface area contributed by atoms with Crippen molar-refractivity contribution in [2.24, 2.45) is 0 Å². The van der Waals surface area contributed by atoms with Crippen molar-refractivity contribution in [2.45, 2.75) is 37.9 Å². The first-order valence-electron chi connectivity index (χ1n) is 8.05. The molecule has 126 valence electrons. The topological polar surface area (TPSA) is 59.2 Å². The molecule has 3 rings (SSSR count). The van der Waals surface area contributed by atoms with E-state index in [2.05, 4.69) is 10.2 Å². The molecule has 5 nitrogen and oxygen atoms in total. The monoisotopic (exact) mass is 361 g/mol. The highest BCUT2D eigenvalue weighted by molar-refractivity contribution is 8.24. The molecule has 0 N–H and O–H groups in total. The minimum absolute atomic E-state index is 0.0349. The van der Waals surface area contributed by atoms with Crippen LogP contribution >= 0.6 is 24.0 Å². The Balaban J connectivity index is 1.41. The Morgan fingerprint density at radius 2 is 2.00 bits per heavy atom. The fraction of sp³-hybridized carbons (Fsp3) is 0.412. The number of hydrogen-bond donors (Lipinski definition) is 0. The minimum Gasteiger partial charge on any atom is -0.421 e. The van der Waals surface area contributed by atoms with E-state index < -0.39 is 0 Å². The smallest absolute Gasteiger partial charge is 0.247 e. The number of aromatic nitrogens is 2. The molecular formula is C17H19N3O2S2. The lowest BCUT2D eigenvalue weighted by Crippen LogP contribution is -2.31. The van der Waals surface area contributed by atoms with E-state index in [1.165, 1.54) is 11.8 Å². The fourth-order valence-electron chi connectivity index (χ4n) is 2.55. The fourth-order valence-corrected chi connectivity index (χ4v) is 4.00. The highest BCUT2D eigenvalue weighted by Gasteiger charge is 2.32. The number of rotatable bonds is 7. The summed E-state index contributed by atoms with van der Waals surface area (Å²) >= 11 is 6.71. The first-order valence-corrected chi connectivity index (χ1v) is 9.34. The summed E-state index contributed by atoms with van der Waals surface area (Å²) < 4.78 is 6.39. The third-order valence-corrected chi connectivity index (χ3v) is 5.36. The van der Waals surface area contributed by atoms with Crippen molar-refractivity contribution in [1.82, 2.24) is 15.1 Å². The third-order valence-electron chi connectivity index (χ3n) is 3.87. The van der Waals surface area contributed by atoms with Crippen LogP contribution < -0.4 is 0 Å². The number of unbranched alkanes of at least 4 members (excludes halogenated alkanes) is 2. The van der Waals surface area contributed by atoms with Crippen molar-refractivity contribution in [2.75, 3.05) is 6.54 Å². The zero-order valence-electron chi connectivity index (χ0n) is 13.5. The minimum atomic E-state index is -0.0349. The molecule has 7 heteroatoms. The second-order valence-electron chi connectivity index (χ2n) is 5.69. The summed E-state index contributed by atoms with van der Waals surface area (Å²) in [5.41, 5.74) is 0.934. The van der Waals surface area contributed by atoms with Gasteiger partial charge in [0.05, 0.1) is 5.25 Å². The summed E-state index contributed by atoms with van der Waals surface area (Å²) in [6.45, 7) is 2.60. The molecule has 1 aromatic carbocycles. The summed E-state index contributed by atoms with van der Waals surface area (Å²) in [5.74, 6) is 1.35. The van der Waals surface area contributed by atoms with Gasteiger partial charge in [-0.2, -0.15) is 0 Å². The van der Waals surface area contributed by atoms with Crippen LogP contribution in [0.1, 0.15) is 32.1 Å². The van der Waals surface area contributed by atoms with Gasteiger partial charge in [-0.05, 0) is 31.9 Å². The summed E-state index contributed by atoms with van der Waals surface area (Å²) in [4.78, 5) is 13.6. The van der Waals surface area contributed by atoms with Gasteiger partial charge in [0.15, 0.2) is 0 Å². The Morgan fingerprint density at radius 1 is 1.21 bits per heavy atom. The van der Waals surface area contributed by atoms with Crippen LogP contribution in [-0.2, 0) is 11.2 Å². The van der Waals surface area contributed by atoms with E-state index in [9.17, 15) is 4.79 Å². The van der Waals surface area contributed by atoms with Crippen LogP contribution in [0.2, 0.25) is 0 Å². The molecule has 1 aliphatic heterocycles. The average Bonchev–Trinajstić information content (AvgIpc) is 3.15. The van der Waals surface area contributed by atoms with Crippen LogP contribution in [0.25, 0.3) is 11.5 Å². The van der Waals surface area contributed by atoms with Gasteiger partial charge < -0.3 is 4.42 Å². The van der Waals surface area contributed by atoms with Gasteiger partial charge in [-0.25, -0.2) is 0 Å². The summed E-state index contributed by atoms with van der Waals surface area (Å²) in [7, 11) is 0. The van der Waals surface area contributed by atoms with Gasteiger partial charge in [-0.3, -0.25) is 9.69 Å². The summed E-state index contributed by atoms with van der Waals surface area (Å²) in [5, 5.41) is 8.15. The Kier molecular flexibility index (Phi) is 5.63. The maximum absolute atomic E-state index is 11.9. The molecule has 24 heavy (non-hydrogen) atoms. The Labute approximate surface area is 150 Å². The Hall–Kier alpha value is -1.73. The molecule has 1 unspecified atom stereocenters. The quantitative estimate of drug-likeness (QED) is 0.554. The summed E-state index contributed by atoms with van der Waals surface area (Å²) in [6.07, 6.45) is 3.63. The molecule has 1 amide bonds. The van der Waals surface area contributed by atoms with E-state index in [1.807, 2.05) is 37.3 Å². The molecule has 1 saturated heterocycles. The van der Waals surface area contributed by atoms with Crippen molar-refractivity contribution < 1.29 is 9.21 Å². The third kappa shape index (κ3) is 4.02. The molecule has 0 bridgehead atoms. The zero-order chi connectivity index (χ0) is 16.9. The van der Waals surface area contributed by atoms with Crippen molar-refractivity contribution in [3.63, 3.8) is 0 Å². The maximum atomic E-state index is 11.9. The highest BCUT2D eigenvalue weighted by atomic mass is 32.2. The van der Waals surface area contributed by atoms with Crippen LogP contribution in [-0.4, -0.2) is 37.1 Å². The van der Waals surface area contributed by atoms with Crippen LogP contribution in [0, 0.1) is 0 Å². The number of benzene rings is 1. The first kappa shape index (κ1) is 17.1. The van der Waals surface area contributed by atoms with E-state index >= 15 is 0 Å². The van der Waals surface area contributed by atoms with E-state index in [-0.39, 0.29) is 11.2 Å². The molecule has 0 spiro atoms. The molecule has 2 aromatic rings. The molecule has 1 aromatic heterocycles. The van der Waals surface area contributed by atoms with Crippen LogP contribution in [0.5, 0.6) is 0 Å². The number of amides is 1. The van der Waals surface area contributed by atoms with E-state index in [0.717, 1.165) is 31.2 Å². The first-order chi connectivity index (χ1) is 11.6. The highest BCUT2D eigenvalue weighted by Crippen LogP contribution is 2.27. The largest absolute Gasteiger partial charge is 0.421 e. The Morgan fingerprint density at radius 3 is 2.71 bits per heavy atom. The number of nitrogens with zero attached hydrogens (tertiary/aromatic N) is 3. The molecule has 1 atom stereocenters. The summed E-state index contributed by atoms with van der Waals surface area (Å²) in [6, 6.07) is 9.75. The second kappa shape index (κ2) is 7.90. The normalized spacial score (nSPS) is 17.7. The van der Waals surface area contributed by atoms with Gasteiger partial charge in [0.2, 0.25) is 17.7 Å². The van der Waals surface area contributed by atoms with Crippen LogP contribution in [0.15, 0.2) is 34.7 Å². The lowest BCUT2D eigenvalue weighted by atomic mass is 10.2. The zero-order valence-corrected chi connectivity index (χ0v) is 15.1. The van der Waals surface area contributed by atoms with Crippen LogP contribution in [0.4, 0.5) is 0 Å².